The number of benzene rings is 1. The van der Waals surface area contributed by atoms with Crippen molar-refractivity contribution in [3.8, 4) is 0 Å². The van der Waals surface area contributed by atoms with Gasteiger partial charge in [-0.15, -0.1) is 0 Å². The van der Waals surface area contributed by atoms with Crippen molar-refractivity contribution in [2.24, 2.45) is 5.10 Å². The summed E-state index contributed by atoms with van der Waals surface area (Å²) >= 11 is 0. The number of hydrogen-bond donors (Lipinski definition) is 1. The number of aromatic nitrogens is 3. The molecule has 98 valence electrons. The standard InChI is InChI=1S/C13H15N5O/c1-10-3-5-12(6-4-10)11(2)16-17-13(19)7-18-9-14-8-15-18/h3-6,8-9H,7H2,1-2H3,(H,17,19). The number of amides is 1. The smallest absolute Gasteiger partial charge is 0.261 e. The van der Waals surface area contributed by atoms with Crippen LogP contribution >= 0.6 is 0 Å². The number of hydrazone groups is 1. The lowest BCUT2D eigenvalue weighted by Gasteiger charge is -2.03. The van der Waals surface area contributed by atoms with Crippen LogP contribution in [-0.4, -0.2) is 26.4 Å². The van der Waals surface area contributed by atoms with Crippen molar-refractivity contribution in [1.82, 2.24) is 20.2 Å². The molecule has 0 saturated heterocycles. The van der Waals surface area contributed by atoms with Crippen molar-refractivity contribution < 1.29 is 4.79 Å². The molecule has 1 N–H and O–H groups in total. The molecule has 1 aromatic carbocycles. The van der Waals surface area contributed by atoms with Gasteiger partial charge in [-0.25, -0.2) is 15.1 Å². The van der Waals surface area contributed by atoms with Crippen molar-refractivity contribution in [3.05, 3.63) is 48.0 Å². The molecule has 2 rings (SSSR count). The molecular weight excluding hydrogens is 242 g/mol. The van der Waals surface area contributed by atoms with Crippen LogP contribution in [0, 0.1) is 6.92 Å². The largest absolute Gasteiger partial charge is 0.271 e. The van der Waals surface area contributed by atoms with E-state index in [1.165, 1.54) is 22.9 Å². The molecular formula is C13H15N5O. The highest BCUT2D eigenvalue weighted by Gasteiger charge is 2.02. The molecule has 19 heavy (non-hydrogen) atoms. The molecule has 0 fully saturated rings. The Morgan fingerprint density at radius 2 is 2.11 bits per heavy atom. The molecule has 1 aromatic heterocycles. The van der Waals surface area contributed by atoms with Gasteiger partial charge in [0.25, 0.3) is 5.91 Å². The lowest BCUT2D eigenvalue weighted by atomic mass is 10.1. The third-order valence-electron chi connectivity index (χ3n) is 2.59. The second kappa shape index (κ2) is 5.90. The molecule has 2 aromatic rings. The Bertz CT molecular complexity index is 572. The second-order valence-corrected chi connectivity index (χ2v) is 4.19. The predicted octanol–water partition coefficient (Wildman–Crippen LogP) is 1.13. The quantitative estimate of drug-likeness (QED) is 0.659. The third kappa shape index (κ3) is 3.74. The number of carbonyl (C=O) groups excluding carboxylic acids is 1. The Balaban J connectivity index is 1.94. The Morgan fingerprint density at radius 1 is 1.37 bits per heavy atom. The SMILES string of the molecule is CC(=NNC(=O)Cn1cncn1)c1ccc(C)cc1. The number of rotatable bonds is 4. The molecule has 1 heterocycles. The van der Waals surface area contributed by atoms with Gasteiger partial charge in [0.2, 0.25) is 0 Å². The van der Waals surface area contributed by atoms with Crippen molar-refractivity contribution in [2.45, 2.75) is 20.4 Å². The van der Waals surface area contributed by atoms with Crippen LogP contribution in [0.3, 0.4) is 0 Å². The summed E-state index contributed by atoms with van der Waals surface area (Å²) < 4.78 is 1.44. The van der Waals surface area contributed by atoms with E-state index in [2.05, 4.69) is 20.6 Å². The van der Waals surface area contributed by atoms with E-state index < -0.39 is 0 Å². The lowest BCUT2D eigenvalue weighted by Crippen LogP contribution is -2.24. The molecule has 0 aliphatic carbocycles. The Hall–Kier alpha value is -2.50. The van der Waals surface area contributed by atoms with E-state index in [4.69, 9.17) is 0 Å². The first-order valence-electron chi connectivity index (χ1n) is 5.88. The fraction of sp³-hybridized carbons (Fsp3) is 0.231. The van der Waals surface area contributed by atoms with Crippen LogP contribution in [0.2, 0.25) is 0 Å². The summed E-state index contributed by atoms with van der Waals surface area (Å²) in [4.78, 5) is 15.4. The number of carbonyl (C=O) groups is 1. The average Bonchev–Trinajstić information content (AvgIpc) is 2.89. The van der Waals surface area contributed by atoms with Crippen LogP contribution in [0.25, 0.3) is 0 Å². The third-order valence-corrected chi connectivity index (χ3v) is 2.59. The molecule has 6 heteroatoms. The molecule has 0 bridgehead atoms. The number of aryl methyl sites for hydroxylation is 1. The molecule has 0 spiro atoms. The van der Waals surface area contributed by atoms with Gasteiger partial charge in [-0.2, -0.15) is 10.2 Å². The maximum Gasteiger partial charge on any atom is 0.261 e. The summed E-state index contributed by atoms with van der Waals surface area (Å²) in [6.45, 7) is 3.97. The van der Waals surface area contributed by atoms with Crippen LogP contribution in [0.15, 0.2) is 42.0 Å². The van der Waals surface area contributed by atoms with E-state index in [-0.39, 0.29) is 12.5 Å². The fourth-order valence-electron chi connectivity index (χ4n) is 1.50. The normalized spacial score (nSPS) is 11.4. The Morgan fingerprint density at radius 3 is 2.74 bits per heavy atom. The summed E-state index contributed by atoms with van der Waals surface area (Å²) in [6, 6.07) is 7.95. The summed E-state index contributed by atoms with van der Waals surface area (Å²) in [6.07, 6.45) is 2.87. The van der Waals surface area contributed by atoms with Gasteiger partial charge in [-0.05, 0) is 19.4 Å². The van der Waals surface area contributed by atoms with Gasteiger partial charge in [0.05, 0.1) is 5.71 Å². The Labute approximate surface area is 111 Å². The van der Waals surface area contributed by atoms with E-state index in [0.29, 0.717) is 0 Å². The van der Waals surface area contributed by atoms with E-state index in [9.17, 15) is 4.79 Å². The Kier molecular flexibility index (Phi) is 4.02. The summed E-state index contributed by atoms with van der Waals surface area (Å²) in [5.41, 5.74) is 5.42. The summed E-state index contributed by atoms with van der Waals surface area (Å²) in [5, 5.41) is 7.91. The minimum absolute atomic E-state index is 0.102. The summed E-state index contributed by atoms with van der Waals surface area (Å²) in [7, 11) is 0. The minimum atomic E-state index is -0.239. The average molecular weight is 257 g/mol. The van der Waals surface area contributed by atoms with Gasteiger partial charge in [0.15, 0.2) is 0 Å². The molecule has 0 unspecified atom stereocenters. The zero-order valence-electron chi connectivity index (χ0n) is 10.9. The maximum absolute atomic E-state index is 11.6. The van der Waals surface area contributed by atoms with Gasteiger partial charge in [-0.1, -0.05) is 29.8 Å². The van der Waals surface area contributed by atoms with E-state index in [1.54, 1.807) is 0 Å². The first kappa shape index (κ1) is 12.9. The van der Waals surface area contributed by atoms with Crippen molar-refractivity contribution in [3.63, 3.8) is 0 Å². The molecule has 0 aliphatic heterocycles. The van der Waals surface area contributed by atoms with Gasteiger partial charge >= 0.3 is 0 Å². The van der Waals surface area contributed by atoms with E-state index >= 15 is 0 Å². The van der Waals surface area contributed by atoms with Crippen LogP contribution in [0.1, 0.15) is 18.1 Å². The lowest BCUT2D eigenvalue weighted by molar-refractivity contribution is -0.121. The highest BCUT2D eigenvalue weighted by molar-refractivity contribution is 5.99. The van der Waals surface area contributed by atoms with E-state index in [1.807, 2.05) is 38.1 Å². The van der Waals surface area contributed by atoms with Crippen LogP contribution in [-0.2, 0) is 11.3 Å². The molecule has 6 nitrogen and oxygen atoms in total. The van der Waals surface area contributed by atoms with Crippen LogP contribution in [0.5, 0.6) is 0 Å². The van der Waals surface area contributed by atoms with Crippen LogP contribution < -0.4 is 5.43 Å². The zero-order chi connectivity index (χ0) is 13.7. The molecule has 0 atom stereocenters. The molecule has 0 radical (unpaired) electrons. The number of nitrogens with one attached hydrogen (secondary N) is 1. The zero-order valence-corrected chi connectivity index (χ0v) is 10.9. The van der Waals surface area contributed by atoms with Gasteiger partial charge in [0.1, 0.15) is 19.2 Å². The van der Waals surface area contributed by atoms with Crippen molar-refractivity contribution in [2.75, 3.05) is 0 Å². The first-order chi connectivity index (χ1) is 9.15. The van der Waals surface area contributed by atoms with Gasteiger partial charge < -0.3 is 0 Å². The van der Waals surface area contributed by atoms with E-state index in [0.717, 1.165) is 11.3 Å². The van der Waals surface area contributed by atoms with Crippen molar-refractivity contribution in [1.29, 1.82) is 0 Å². The predicted molar refractivity (Wildman–Crippen MR) is 71.6 cm³/mol. The highest BCUT2D eigenvalue weighted by atomic mass is 16.2. The maximum atomic E-state index is 11.6. The molecule has 1 amide bonds. The second-order valence-electron chi connectivity index (χ2n) is 4.19. The fourth-order valence-corrected chi connectivity index (χ4v) is 1.50. The topological polar surface area (TPSA) is 72.2 Å². The highest BCUT2D eigenvalue weighted by Crippen LogP contribution is 2.04. The van der Waals surface area contributed by atoms with Crippen LogP contribution in [0.4, 0.5) is 0 Å². The van der Waals surface area contributed by atoms with Crippen molar-refractivity contribution >= 4 is 11.6 Å². The minimum Gasteiger partial charge on any atom is -0.271 e. The first-order valence-corrected chi connectivity index (χ1v) is 5.88. The van der Waals surface area contributed by atoms with Gasteiger partial charge in [0, 0.05) is 0 Å². The molecule has 0 aliphatic rings. The summed E-state index contributed by atoms with van der Waals surface area (Å²) in [5.74, 6) is -0.239. The number of nitrogens with zero attached hydrogens (tertiary/aromatic N) is 4. The van der Waals surface area contributed by atoms with Gasteiger partial charge in [-0.3, -0.25) is 4.79 Å². The number of hydrogen-bond acceptors (Lipinski definition) is 4. The monoisotopic (exact) mass is 257 g/mol. The molecule has 0 saturated carbocycles.